The molecule has 1 unspecified atom stereocenters. The van der Waals surface area contributed by atoms with Crippen LogP contribution in [0.3, 0.4) is 0 Å². The Kier molecular flexibility index (Phi) is 3.85. The normalized spacial score (nSPS) is 15.3. The van der Waals surface area contributed by atoms with Gasteiger partial charge in [-0.2, -0.15) is 13.2 Å². The first-order chi connectivity index (χ1) is 5.02. The van der Waals surface area contributed by atoms with Crippen LogP contribution in [-0.2, 0) is 4.79 Å². The van der Waals surface area contributed by atoms with Gasteiger partial charge in [-0.25, -0.2) is 0 Å². The lowest BCUT2D eigenvalue weighted by Gasteiger charge is -2.11. The van der Waals surface area contributed by atoms with Gasteiger partial charge in [0.25, 0.3) is 0 Å². The van der Waals surface area contributed by atoms with Crippen molar-refractivity contribution >= 4 is 6.29 Å². The first kappa shape index (κ1) is 10.2. The van der Waals surface area contributed by atoms with Crippen molar-refractivity contribution in [3.8, 4) is 0 Å². The molecule has 0 aliphatic carbocycles. The topological polar surface area (TPSA) is 17.1 Å². The Balaban J connectivity index is 4.06. The summed E-state index contributed by atoms with van der Waals surface area (Å²) in [5.41, 5.74) is 0. The zero-order valence-electron chi connectivity index (χ0n) is 6.06. The lowest BCUT2D eigenvalue weighted by molar-refractivity contribution is -0.173. The summed E-state index contributed by atoms with van der Waals surface area (Å²) in [6.07, 6.45) is -1.92. The molecule has 64 valence electrons. The van der Waals surface area contributed by atoms with Gasteiger partial charge in [0.2, 0.25) is 0 Å². The molecule has 0 radical (unpaired) electrons. The summed E-state index contributed by atoms with van der Waals surface area (Å²) in [5, 5.41) is 0. The standard InChI is InChI=1S/C7H9F3O/c1-2-3-4-6(5-11)7(8,9)10/h2-3,5-6H,4H2,1H3. The molecule has 0 aliphatic heterocycles. The summed E-state index contributed by atoms with van der Waals surface area (Å²) in [5.74, 6) is -1.85. The first-order valence-corrected chi connectivity index (χ1v) is 3.15. The van der Waals surface area contributed by atoms with Crippen molar-refractivity contribution in [2.45, 2.75) is 19.5 Å². The number of rotatable bonds is 3. The van der Waals surface area contributed by atoms with E-state index in [1.54, 1.807) is 6.92 Å². The molecule has 0 spiro atoms. The maximum Gasteiger partial charge on any atom is 0.398 e. The Morgan fingerprint density at radius 3 is 2.27 bits per heavy atom. The van der Waals surface area contributed by atoms with E-state index in [1.807, 2.05) is 0 Å². The second-order valence-electron chi connectivity index (χ2n) is 2.09. The Labute approximate surface area is 62.9 Å². The fourth-order valence-electron chi connectivity index (χ4n) is 0.549. The van der Waals surface area contributed by atoms with Gasteiger partial charge in [-0.3, -0.25) is 0 Å². The highest BCUT2D eigenvalue weighted by Gasteiger charge is 2.38. The van der Waals surface area contributed by atoms with Gasteiger partial charge in [-0.1, -0.05) is 12.2 Å². The van der Waals surface area contributed by atoms with Gasteiger partial charge < -0.3 is 4.79 Å². The number of halogens is 3. The van der Waals surface area contributed by atoms with Crippen molar-refractivity contribution in [3.63, 3.8) is 0 Å². The number of hydrogen-bond donors (Lipinski definition) is 0. The van der Waals surface area contributed by atoms with Crippen LogP contribution in [0.25, 0.3) is 0 Å². The van der Waals surface area contributed by atoms with E-state index in [0.29, 0.717) is 0 Å². The molecule has 0 aliphatic rings. The molecule has 0 amide bonds. The van der Waals surface area contributed by atoms with E-state index in [1.165, 1.54) is 12.2 Å². The molecule has 0 aromatic rings. The zero-order chi connectivity index (χ0) is 8.91. The molecule has 0 fully saturated rings. The van der Waals surface area contributed by atoms with E-state index < -0.39 is 12.1 Å². The van der Waals surface area contributed by atoms with E-state index in [-0.39, 0.29) is 12.7 Å². The monoisotopic (exact) mass is 166 g/mol. The lowest BCUT2D eigenvalue weighted by Crippen LogP contribution is -2.23. The van der Waals surface area contributed by atoms with Gasteiger partial charge in [-0.15, -0.1) is 0 Å². The number of alkyl halides is 3. The van der Waals surface area contributed by atoms with E-state index in [0.717, 1.165) is 0 Å². The van der Waals surface area contributed by atoms with E-state index in [9.17, 15) is 18.0 Å². The third kappa shape index (κ3) is 3.80. The highest BCUT2D eigenvalue weighted by atomic mass is 19.4. The minimum Gasteiger partial charge on any atom is -0.303 e. The van der Waals surface area contributed by atoms with Crippen LogP contribution in [0.5, 0.6) is 0 Å². The fraction of sp³-hybridized carbons (Fsp3) is 0.571. The van der Waals surface area contributed by atoms with Crippen molar-refractivity contribution in [1.82, 2.24) is 0 Å². The molecule has 0 N–H and O–H groups in total. The highest BCUT2D eigenvalue weighted by molar-refractivity contribution is 5.55. The van der Waals surface area contributed by atoms with Crippen LogP contribution >= 0.6 is 0 Å². The van der Waals surface area contributed by atoms with Crippen molar-refractivity contribution in [3.05, 3.63) is 12.2 Å². The quantitative estimate of drug-likeness (QED) is 0.464. The molecule has 0 rings (SSSR count). The number of carbonyl (C=O) groups excluding carboxylic acids is 1. The van der Waals surface area contributed by atoms with Crippen LogP contribution in [0.2, 0.25) is 0 Å². The van der Waals surface area contributed by atoms with Crippen LogP contribution in [0.4, 0.5) is 13.2 Å². The van der Waals surface area contributed by atoms with E-state index in [2.05, 4.69) is 0 Å². The van der Waals surface area contributed by atoms with Crippen LogP contribution in [0.1, 0.15) is 13.3 Å². The van der Waals surface area contributed by atoms with Crippen molar-refractivity contribution < 1.29 is 18.0 Å². The summed E-state index contributed by atoms with van der Waals surface area (Å²) >= 11 is 0. The molecule has 11 heavy (non-hydrogen) atoms. The summed E-state index contributed by atoms with van der Waals surface area (Å²) in [7, 11) is 0. The predicted octanol–water partition coefficient (Wildman–Crippen LogP) is 2.33. The number of allylic oxidation sites excluding steroid dienone is 2. The van der Waals surface area contributed by atoms with Gasteiger partial charge in [0.15, 0.2) is 0 Å². The predicted molar refractivity (Wildman–Crippen MR) is 35.0 cm³/mol. The Bertz CT molecular complexity index is 148. The van der Waals surface area contributed by atoms with Crippen LogP contribution < -0.4 is 0 Å². The minimum atomic E-state index is -4.40. The van der Waals surface area contributed by atoms with Gasteiger partial charge >= 0.3 is 6.18 Å². The average molecular weight is 166 g/mol. The van der Waals surface area contributed by atoms with Crippen LogP contribution in [0.15, 0.2) is 12.2 Å². The van der Waals surface area contributed by atoms with Crippen molar-refractivity contribution in [2.75, 3.05) is 0 Å². The summed E-state index contributed by atoms with van der Waals surface area (Å²) in [6, 6.07) is 0. The minimum absolute atomic E-state index is 0.0694. The molecule has 0 aromatic heterocycles. The maximum atomic E-state index is 11.8. The zero-order valence-corrected chi connectivity index (χ0v) is 6.06. The van der Waals surface area contributed by atoms with Gasteiger partial charge in [0.05, 0.1) is 0 Å². The van der Waals surface area contributed by atoms with Crippen LogP contribution in [0, 0.1) is 5.92 Å². The Hall–Kier alpha value is -0.800. The summed E-state index contributed by atoms with van der Waals surface area (Å²) < 4.78 is 35.3. The third-order valence-electron chi connectivity index (χ3n) is 1.21. The van der Waals surface area contributed by atoms with E-state index >= 15 is 0 Å². The molecule has 1 nitrogen and oxygen atoms in total. The third-order valence-corrected chi connectivity index (χ3v) is 1.21. The molecule has 0 saturated heterocycles. The first-order valence-electron chi connectivity index (χ1n) is 3.15. The van der Waals surface area contributed by atoms with Gasteiger partial charge in [0.1, 0.15) is 12.2 Å². The van der Waals surface area contributed by atoms with Gasteiger partial charge in [0, 0.05) is 0 Å². The Morgan fingerprint density at radius 2 is 2.00 bits per heavy atom. The molecule has 0 bridgehead atoms. The fourth-order valence-corrected chi connectivity index (χ4v) is 0.549. The second kappa shape index (κ2) is 4.16. The summed E-state index contributed by atoms with van der Waals surface area (Å²) in [6.45, 7) is 1.61. The molecule has 0 aromatic carbocycles. The van der Waals surface area contributed by atoms with Crippen LogP contribution in [-0.4, -0.2) is 12.5 Å². The number of carbonyl (C=O) groups is 1. The smallest absolute Gasteiger partial charge is 0.303 e. The largest absolute Gasteiger partial charge is 0.398 e. The lowest BCUT2D eigenvalue weighted by atomic mass is 10.1. The van der Waals surface area contributed by atoms with Gasteiger partial charge in [-0.05, 0) is 13.3 Å². The van der Waals surface area contributed by atoms with E-state index in [4.69, 9.17) is 0 Å². The molecule has 4 heteroatoms. The highest BCUT2D eigenvalue weighted by Crippen LogP contribution is 2.27. The molecular weight excluding hydrogens is 157 g/mol. The van der Waals surface area contributed by atoms with Crippen molar-refractivity contribution in [1.29, 1.82) is 0 Å². The Morgan fingerprint density at radius 1 is 1.45 bits per heavy atom. The molecule has 0 saturated carbocycles. The summed E-state index contributed by atoms with van der Waals surface area (Å²) in [4.78, 5) is 9.90. The second-order valence-corrected chi connectivity index (χ2v) is 2.09. The molecule has 0 heterocycles. The maximum absolute atomic E-state index is 11.8. The number of hydrogen-bond acceptors (Lipinski definition) is 1. The SMILES string of the molecule is CC=CCC(C=O)C(F)(F)F. The molecular formula is C7H9F3O. The van der Waals surface area contributed by atoms with Crippen molar-refractivity contribution in [2.24, 2.45) is 5.92 Å². The average Bonchev–Trinajstić information content (AvgIpc) is 1.87. The number of aldehydes is 1. The molecule has 1 atom stereocenters.